The highest BCUT2D eigenvalue weighted by Gasteiger charge is 2.33. The largest absolute Gasteiger partial charge is 0.468 e. The van der Waals surface area contributed by atoms with Crippen LogP contribution in [0.3, 0.4) is 0 Å². The average Bonchev–Trinajstić information content (AvgIpc) is 2.37. The molecule has 0 fully saturated rings. The van der Waals surface area contributed by atoms with Crippen LogP contribution in [0.1, 0.15) is 19.4 Å². The molecule has 4 nitrogen and oxygen atoms in total. The number of carbonyl (C=O) groups excluding carboxylic acids is 2. The summed E-state index contributed by atoms with van der Waals surface area (Å²) >= 11 is 0. The van der Waals surface area contributed by atoms with Crippen LogP contribution in [0.2, 0.25) is 0 Å². The highest BCUT2D eigenvalue weighted by molar-refractivity contribution is 5.86. The van der Waals surface area contributed by atoms with Crippen molar-refractivity contribution in [2.45, 2.75) is 19.3 Å². The summed E-state index contributed by atoms with van der Waals surface area (Å²) in [6.45, 7) is 6.75. The zero-order chi connectivity index (χ0) is 13.8. The second kappa shape index (κ2) is 5.49. The first-order valence-corrected chi connectivity index (χ1v) is 5.45. The summed E-state index contributed by atoms with van der Waals surface area (Å²) in [5, 5.41) is 0. The van der Waals surface area contributed by atoms with Crippen LogP contribution >= 0.6 is 0 Å². The zero-order valence-electron chi connectivity index (χ0n) is 10.7. The van der Waals surface area contributed by atoms with Crippen molar-refractivity contribution in [1.29, 1.82) is 0 Å². The zero-order valence-corrected chi connectivity index (χ0v) is 10.7. The second-order valence-electron chi connectivity index (χ2n) is 4.24. The molecule has 0 saturated carbocycles. The van der Waals surface area contributed by atoms with Gasteiger partial charge in [0, 0.05) is 11.6 Å². The Labute approximate surface area is 106 Å². The molecule has 0 amide bonds. The fourth-order valence-electron chi connectivity index (χ4n) is 1.59. The van der Waals surface area contributed by atoms with Crippen LogP contribution in [0.5, 0.6) is 5.75 Å². The molecule has 18 heavy (non-hydrogen) atoms. The first-order chi connectivity index (χ1) is 8.43. The van der Waals surface area contributed by atoms with Crippen LogP contribution < -0.4 is 4.74 Å². The van der Waals surface area contributed by atoms with E-state index in [2.05, 4.69) is 6.58 Å². The van der Waals surface area contributed by atoms with Gasteiger partial charge in [-0.2, -0.15) is 0 Å². The molecule has 0 radical (unpaired) electrons. The fourth-order valence-corrected chi connectivity index (χ4v) is 1.59. The minimum absolute atomic E-state index is 0.331. The Bertz CT molecular complexity index is 474. The number of ether oxygens (including phenoxy) is 2. The minimum Gasteiger partial charge on any atom is -0.468 e. The Balaban J connectivity index is 3.20. The van der Waals surface area contributed by atoms with Gasteiger partial charge in [0.1, 0.15) is 5.75 Å². The molecule has 0 aliphatic heterocycles. The molecule has 0 atom stereocenters. The number of methoxy groups -OCH3 is 1. The number of benzene rings is 1. The summed E-state index contributed by atoms with van der Waals surface area (Å²) < 4.78 is 9.87. The minimum atomic E-state index is -0.896. The Morgan fingerprint density at radius 3 is 2.44 bits per heavy atom. The smallest absolute Gasteiger partial charge is 0.335 e. The van der Waals surface area contributed by atoms with Gasteiger partial charge >= 0.3 is 11.9 Å². The van der Waals surface area contributed by atoms with Crippen molar-refractivity contribution < 1.29 is 19.1 Å². The maximum Gasteiger partial charge on any atom is 0.335 e. The van der Waals surface area contributed by atoms with E-state index in [-0.39, 0.29) is 0 Å². The van der Waals surface area contributed by atoms with Gasteiger partial charge in [-0.15, -0.1) is 0 Å². The van der Waals surface area contributed by atoms with Crippen LogP contribution in [0.4, 0.5) is 0 Å². The number of rotatable bonds is 4. The predicted molar refractivity (Wildman–Crippen MR) is 67.3 cm³/mol. The third-order valence-electron chi connectivity index (χ3n) is 2.63. The van der Waals surface area contributed by atoms with E-state index in [0.717, 1.165) is 6.08 Å². The van der Waals surface area contributed by atoms with E-state index in [0.29, 0.717) is 11.3 Å². The van der Waals surface area contributed by atoms with Crippen LogP contribution in [0.25, 0.3) is 0 Å². The van der Waals surface area contributed by atoms with Gasteiger partial charge in [-0.1, -0.05) is 24.8 Å². The van der Waals surface area contributed by atoms with Gasteiger partial charge in [0.2, 0.25) is 0 Å². The Hall–Kier alpha value is -2.10. The molecule has 0 aromatic heterocycles. The van der Waals surface area contributed by atoms with Crippen LogP contribution in [0.15, 0.2) is 36.9 Å². The van der Waals surface area contributed by atoms with Crippen molar-refractivity contribution in [1.82, 2.24) is 0 Å². The molecule has 0 aliphatic carbocycles. The van der Waals surface area contributed by atoms with E-state index < -0.39 is 17.4 Å². The van der Waals surface area contributed by atoms with Gasteiger partial charge < -0.3 is 9.47 Å². The van der Waals surface area contributed by atoms with E-state index in [1.54, 1.807) is 38.1 Å². The Morgan fingerprint density at radius 2 is 1.89 bits per heavy atom. The first kappa shape index (κ1) is 14.0. The topological polar surface area (TPSA) is 52.6 Å². The van der Waals surface area contributed by atoms with Gasteiger partial charge in [0.05, 0.1) is 12.5 Å². The number of carbonyl (C=O) groups is 2. The van der Waals surface area contributed by atoms with E-state index in [1.165, 1.54) is 7.11 Å². The van der Waals surface area contributed by atoms with Crippen molar-refractivity contribution in [3.8, 4) is 5.75 Å². The third-order valence-corrected chi connectivity index (χ3v) is 2.63. The molecule has 0 bridgehead atoms. The normalized spacial score (nSPS) is 10.6. The molecule has 0 unspecified atom stereocenters. The Kier molecular flexibility index (Phi) is 4.26. The summed E-state index contributed by atoms with van der Waals surface area (Å²) in [6.07, 6.45) is 1.07. The summed E-state index contributed by atoms with van der Waals surface area (Å²) in [7, 11) is 1.32. The van der Waals surface area contributed by atoms with Gasteiger partial charge in [-0.25, -0.2) is 4.79 Å². The van der Waals surface area contributed by atoms with Crippen LogP contribution in [-0.4, -0.2) is 19.0 Å². The second-order valence-corrected chi connectivity index (χ2v) is 4.24. The molecule has 1 aromatic carbocycles. The summed E-state index contributed by atoms with van der Waals surface area (Å²) in [4.78, 5) is 23.0. The highest BCUT2D eigenvalue weighted by Crippen LogP contribution is 2.32. The molecule has 0 saturated heterocycles. The van der Waals surface area contributed by atoms with E-state index in [1.807, 2.05) is 0 Å². The molecular weight excluding hydrogens is 232 g/mol. The monoisotopic (exact) mass is 248 g/mol. The molecule has 0 aliphatic rings. The molecule has 4 heteroatoms. The number of esters is 2. The molecule has 0 heterocycles. The SMILES string of the molecule is C=CC(=O)Oc1ccccc1C(C)(C)C(=O)OC. The van der Waals surface area contributed by atoms with E-state index in [9.17, 15) is 9.59 Å². The maximum absolute atomic E-state index is 11.8. The first-order valence-electron chi connectivity index (χ1n) is 5.45. The van der Waals surface area contributed by atoms with Gasteiger partial charge in [-0.05, 0) is 19.9 Å². The van der Waals surface area contributed by atoms with Gasteiger partial charge in [0.25, 0.3) is 0 Å². The molecule has 1 aromatic rings. The van der Waals surface area contributed by atoms with Crippen molar-refractivity contribution in [3.05, 3.63) is 42.5 Å². The van der Waals surface area contributed by atoms with Crippen LogP contribution in [-0.2, 0) is 19.7 Å². The lowest BCUT2D eigenvalue weighted by Gasteiger charge is -2.23. The number of hydrogen-bond acceptors (Lipinski definition) is 4. The number of hydrogen-bond donors (Lipinski definition) is 0. The molecule has 0 spiro atoms. The maximum atomic E-state index is 11.8. The van der Waals surface area contributed by atoms with Crippen molar-refractivity contribution in [2.75, 3.05) is 7.11 Å². The van der Waals surface area contributed by atoms with Gasteiger partial charge in [0.15, 0.2) is 0 Å². The standard InChI is InChI=1S/C14H16O4/c1-5-12(15)18-11-9-7-6-8-10(11)14(2,3)13(16)17-4/h5-9H,1H2,2-4H3. The summed E-state index contributed by atoms with van der Waals surface area (Å²) in [6, 6.07) is 6.85. The molecule has 96 valence electrons. The summed E-state index contributed by atoms with van der Waals surface area (Å²) in [5.41, 5.74) is -0.306. The lowest BCUT2D eigenvalue weighted by atomic mass is 9.84. The predicted octanol–water partition coefficient (Wildman–Crippen LogP) is 2.23. The molecular formula is C14H16O4. The summed E-state index contributed by atoms with van der Waals surface area (Å²) in [5.74, 6) is -0.634. The number of para-hydroxylation sites is 1. The molecule has 1 rings (SSSR count). The van der Waals surface area contributed by atoms with Crippen molar-refractivity contribution >= 4 is 11.9 Å². The average molecular weight is 248 g/mol. The van der Waals surface area contributed by atoms with Crippen molar-refractivity contribution in [3.63, 3.8) is 0 Å². The molecule has 0 N–H and O–H groups in total. The van der Waals surface area contributed by atoms with E-state index in [4.69, 9.17) is 9.47 Å². The van der Waals surface area contributed by atoms with Crippen LogP contribution in [0, 0.1) is 0 Å². The lowest BCUT2D eigenvalue weighted by Crippen LogP contribution is -2.31. The van der Waals surface area contributed by atoms with Gasteiger partial charge in [-0.3, -0.25) is 4.79 Å². The quantitative estimate of drug-likeness (QED) is 0.466. The van der Waals surface area contributed by atoms with Crippen molar-refractivity contribution in [2.24, 2.45) is 0 Å². The highest BCUT2D eigenvalue weighted by atomic mass is 16.5. The Morgan fingerprint density at radius 1 is 1.28 bits per heavy atom. The fraction of sp³-hybridized carbons (Fsp3) is 0.286. The van der Waals surface area contributed by atoms with E-state index >= 15 is 0 Å². The lowest BCUT2D eigenvalue weighted by molar-refractivity contribution is -0.146. The third kappa shape index (κ3) is 2.77.